The van der Waals surface area contributed by atoms with Crippen molar-refractivity contribution < 1.29 is 4.79 Å². The highest BCUT2D eigenvalue weighted by molar-refractivity contribution is 5.56. The highest BCUT2D eigenvalue weighted by Gasteiger charge is 1.83. The van der Waals surface area contributed by atoms with Crippen LogP contribution in [0.3, 0.4) is 0 Å². The number of hydrogen-bond donors (Lipinski definition) is 1. The van der Waals surface area contributed by atoms with Gasteiger partial charge in [-0.05, 0) is 25.5 Å². The first-order chi connectivity index (χ1) is 4.91. The van der Waals surface area contributed by atoms with Gasteiger partial charge < -0.3 is 10.3 Å². The molecule has 3 nitrogen and oxygen atoms in total. The number of carbonyl (C=O) groups is 1. The fourth-order valence-corrected chi connectivity index (χ4v) is 0.651. The van der Waals surface area contributed by atoms with Crippen LogP contribution in [0.5, 0.6) is 0 Å². The van der Waals surface area contributed by atoms with Crippen molar-refractivity contribution in [2.24, 2.45) is 4.99 Å². The molecule has 0 atom stereocenters. The van der Waals surface area contributed by atoms with Crippen LogP contribution in [0.25, 0.3) is 0 Å². The third-order valence-corrected chi connectivity index (χ3v) is 1.17. The summed E-state index contributed by atoms with van der Waals surface area (Å²) in [6.07, 6.45) is 5.76. The molecule has 0 radical (unpaired) electrons. The molecule has 1 N–H and O–H groups in total. The average Bonchev–Trinajstić information content (AvgIpc) is 1.97. The van der Waals surface area contributed by atoms with E-state index in [2.05, 4.69) is 10.3 Å². The monoisotopic (exact) mass is 142 g/mol. The topological polar surface area (TPSA) is 41.5 Å². The van der Waals surface area contributed by atoms with Crippen molar-refractivity contribution in [2.75, 3.05) is 13.6 Å². The summed E-state index contributed by atoms with van der Waals surface area (Å²) in [5.41, 5.74) is 0. The number of unbranched alkanes of at least 4 members (excludes halogenated alkanes) is 2. The molecule has 0 heterocycles. The highest BCUT2D eigenvalue weighted by Crippen LogP contribution is 1.89. The largest absolute Gasteiger partial charge is 0.359 e. The van der Waals surface area contributed by atoms with E-state index in [1.165, 1.54) is 0 Å². The second-order valence-corrected chi connectivity index (χ2v) is 2.01. The molecule has 0 aromatic rings. The summed E-state index contributed by atoms with van der Waals surface area (Å²) in [7, 11) is 1.77. The summed E-state index contributed by atoms with van der Waals surface area (Å²) in [5.74, 6) is 0. The molecule has 1 amide bonds. The van der Waals surface area contributed by atoms with E-state index in [-0.39, 0.29) is 0 Å². The summed E-state index contributed by atoms with van der Waals surface area (Å²) < 4.78 is 0. The number of carbonyl (C=O) groups excluding carboxylic acids is 1. The van der Waals surface area contributed by atoms with Gasteiger partial charge in [0.2, 0.25) is 6.41 Å². The van der Waals surface area contributed by atoms with Crippen molar-refractivity contribution in [2.45, 2.75) is 19.3 Å². The fourth-order valence-electron chi connectivity index (χ4n) is 0.651. The summed E-state index contributed by atoms with van der Waals surface area (Å²) in [5, 5.41) is 2.60. The van der Waals surface area contributed by atoms with Crippen LogP contribution in [0, 0.1) is 0 Å². The van der Waals surface area contributed by atoms with E-state index >= 15 is 0 Å². The smallest absolute Gasteiger partial charge is 0.207 e. The van der Waals surface area contributed by atoms with E-state index in [9.17, 15) is 4.79 Å². The van der Waals surface area contributed by atoms with E-state index in [0.717, 1.165) is 32.2 Å². The van der Waals surface area contributed by atoms with E-state index in [1.54, 1.807) is 7.05 Å². The second-order valence-electron chi connectivity index (χ2n) is 2.01. The van der Waals surface area contributed by atoms with Crippen molar-refractivity contribution in [3.05, 3.63) is 0 Å². The third-order valence-electron chi connectivity index (χ3n) is 1.17. The Morgan fingerprint density at radius 3 is 2.90 bits per heavy atom. The van der Waals surface area contributed by atoms with Gasteiger partial charge in [-0.3, -0.25) is 4.79 Å². The Morgan fingerprint density at radius 2 is 2.30 bits per heavy atom. The minimum Gasteiger partial charge on any atom is -0.359 e. The summed E-state index contributed by atoms with van der Waals surface area (Å²) in [6.45, 7) is 0.779. The first-order valence-electron chi connectivity index (χ1n) is 3.49. The van der Waals surface area contributed by atoms with Gasteiger partial charge in [-0.2, -0.15) is 0 Å². The molecule has 0 aliphatic heterocycles. The molecule has 0 aliphatic carbocycles. The molecule has 0 aromatic carbocycles. The second kappa shape index (κ2) is 8.14. The van der Waals surface area contributed by atoms with Crippen molar-refractivity contribution >= 4 is 12.6 Å². The zero-order chi connectivity index (χ0) is 7.66. The van der Waals surface area contributed by atoms with Gasteiger partial charge in [0.05, 0.1) is 0 Å². The Kier molecular flexibility index (Phi) is 7.44. The fraction of sp³-hybridized carbons (Fsp3) is 0.714. The van der Waals surface area contributed by atoms with Crippen LogP contribution >= 0.6 is 0 Å². The summed E-state index contributed by atoms with van der Waals surface area (Å²) >= 11 is 0. The quantitative estimate of drug-likeness (QED) is 0.329. The standard InChI is InChI=1S/C7H14N2O/c1-8-5-3-2-4-6-9-7-10/h5,7H,2-4,6H2,1H3,(H,9,10). The third kappa shape index (κ3) is 7.14. The normalized spacial score (nSPS) is 10.1. The van der Waals surface area contributed by atoms with E-state index in [4.69, 9.17) is 0 Å². The number of nitrogens with zero attached hydrogens (tertiary/aromatic N) is 1. The van der Waals surface area contributed by atoms with Gasteiger partial charge >= 0.3 is 0 Å². The van der Waals surface area contributed by atoms with E-state index in [1.807, 2.05) is 6.21 Å². The maximum atomic E-state index is 9.76. The van der Waals surface area contributed by atoms with Crippen molar-refractivity contribution in [1.82, 2.24) is 5.32 Å². The van der Waals surface area contributed by atoms with Gasteiger partial charge in [0.15, 0.2) is 0 Å². The molecule has 0 fully saturated rings. The first-order valence-corrected chi connectivity index (χ1v) is 3.49. The van der Waals surface area contributed by atoms with Gasteiger partial charge in [0.1, 0.15) is 0 Å². The lowest BCUT2D eigenvalue weighted by Gasteiger charge is -1.94. The zero-order valence-electron chi connectivity index (χ0n) is 6.34. The lowest BCUT2D eigenvalue weighted by atomic mass is 10.2. The number of amides is 1. The molecule has 0 bridgehead atoms. The minimum absolute atomic E-state index is 0.730. The molecule has 0 aromatic heterocycles. The molecule has 58 valence electrons. The van der Waals surface area contributed by atoms with Gasteiger partial charge in [-0.25, -0.2) is 0 Å². The molecule has 10 heavy (non-hydrogen) atoms. The molecule has 0 saturated heterocycles. The van der Waals surface area contributed by atoms with Crippen molar-refractivity contribution in [3.8, 4) is 0 Å². The van der Waals surface area contributed by atoms with Crippen molar-refractivity contribution in [3.63, 3.8) is 0 Å². The molecular weight excluding hydrogens is 128 g/mol. The Bertz CT molecular complexity index is 102. The van der Waals surface area contributed by atoms with Crippen LogP contribution in [0.1, 0.15) is 19.3 Å². The van der Waals surface area contributed by atoms with Crippen LogP contribution in [-0.4, -0.2) is 26.2 Å². The number of aliphatic imine (C=N–C) groups is 1. The van der Waals surface area contributed by atoms with Crippen LogP contribution in [0.4, 0.5) is 0 Å². The maximum Gasteiger partial charge on any atom is 0.207 e. The Labute approximate surface area is 61.5 Å². The molecule has 0 aliphatic rings. The summed E-state index contributed by atoms with van der Waals surface area (Å²) in [6, 6.07) is 0. The van der Waals surface area contributed by atoms with Gasteiger partial charge in [-0.1, -0.05) is 0 Å². The average molecular weight is 142 g/mol. The lowest BCUT2D eigenvalue weighted by molar-refractivity contribution is -0.109. The predicted molar refractivity (Wildman–Crippen MR) is 42.3 cm³/mol. The number of hydrogen-bond acceptors (Lipinski definition) is 2. The Balaban J connectivity index is 2.83. The van der Waals surface area contributed by atoms with Crippen LogP contribution in [0.15, 0.2) is 4.99 Å². The maximum absolute atomic E-state index is 9.76. The van der Waals surface area contributed by atoms with Gasteiger partial charge in [-0.15, -0.1) is 0 Å². The van der Waals surface area contributed by atoms with Gasteiger partial charge in [0.25, 0.3) is 0 Å². The number of rotatable bonds is 6. The van der Waals surface area contributed by atoms with E-state index < -0.39 is 0 Å². The Morgan fingerprint density at radius 1 is 1.50 bits per heavy atom. The molecular formula is C7H14N2O. The minimum atomic E-state index is 0.730. The Hall–Kier alpha value is -0.860. The molecule has 0 spiro atoms. The molecule has 0 unspecified atom stereocenters. The highest BCUT2D eigenvalue weighted by atomic mass is 16.1. The van der Waals surface area contributed by atoms with Gasteiger partial charge in [0, 0.05) is 13.6 Å². The zero-order valence-corrected chi connectivity index (χ0v) is 6.34. The predicted octanol–water partition coefficient (Wildman–Crippen LogP) is 0.603. The SMILES string of the molecule is CN=CCCCCNC=O. The summed E-state index contributed by atoms with van der Waals surface area (Å²) in [4.78, 5) is 13.6. The van der Waals surface area contributed by atoms with Crippen LogP contribution in [-0.2, 0) is 4.79 Å². The molecule has 3 heteroatoms. The van der Waals surface area contributed by atoms with E-state index in [0.29, 0.717) is 0 Å². The van der Waals surface area contributed by atoms with Crippen LogP contribution in [0.2, 0.25) is 0 Å². The molecule has 0 rings (SSSR count). The lowest BCUT2D eigenvalue weighted by Crippen LogP contribution is -2.11. The first kappa shape index (κ1) is 9.14. The van der Waals surface area contributed by atoms with Crippen LogP contribution < -0.4 is 5.32 Å². The molecule has 0 saturated carbocycles. The number of nitrogens with one attached hydrogen (secondary N) is 1. The van der Waals surface area contributed by atoms with Crippen molar-refractivity contribution in [1.29, 1.82) is 0 Å².